The van der Waals surface area contributed by atoms with Gasteiger partial charge in [-0.2, -0.15) is 0 Å². The molecule has 0 radical (unpaired) electrons. The number of ether oxygens (including phenoxy) is 1. The standard InChI is InChI=1S/C14H15NO3.ClH/c1-15-8-12-11-5-3-2-4-10(11)6-7-13(12)18-9-14(16)17;/h2-7,15H,8-9H2,1H3,(H,16,17);1H. The fourth-order valence-corrected chi connectivity index (χ4v) is 1.95. The van der Waals surface area contributed by atoms with Crippen LogP contribution in [0, 0.1) is 0 Å². The van der Waals surface area contributed by atoms with Gasteiger partial charge in [0.1, 0.15) is 5.75 Å². The lowest BCUT2D eigenvalue weighted by Crippen LogP contribution is -2.13. The first-order valence-electron chi connectivity index (χ1n) is 5.72. The summed E-state index contributed by atoms with van der Waals surface area (Å²) < 4.78 is 5.32. The van der Waals surface area contributed by atoms with Gasteiger partial charge < -0.3 is 15.2 Å². The van der Waals surface area contributed by atoms with Crippen LogP contribution in [0.2, 0.25) is 0 Å². The third-order valence-corrected chi connectivity index (χ3v) is 2.70. The van der Waals surface area contributed by atoms with Gasteiger partial charge in [-0.3, -0.25) is 0 Å². The number of carboxylic acids is 1. The molecule has 0 heterocycles. The number of benzene rings is 2. The van der Waals surface area contributed by atoms with Crippen LogP contribution in [0.5, 0.6) is 5.75 Å². The van der Waals surface area contributed by atoms with E-state index >= 15 is 0 Å². The lowest BCUT2D eigenvalue weighted by Gasteiger charge is -2.13. The van der Waals surface area contributed by atoms with E-state index in [-0.39, 0.29) is 19.0 Å². The zero-order valence-electron chi connectivity index (χ0n) is 10.6. The van der Waals surface area contributed by atoms with Crippen molar-refractivity contribution >= 4 is 29.1 Å². The molecule has 2 aromatic rings. The third-order valence-electron chi connectivity index (χ3n) is 2.70. The summed E-state index contributed by atoms with van der Waals surface area (Å²) in [6, 6.07) is 11.7. The van der Waals surface area contributed by atoms with Crippen LogP contribution in [0.25, 0.3) is 10.8 Å². The number of hydrogen-bond acceptors (Lipinski definition) is 3. The molecule has 0 bridgehead atoms. The number of carboxylic acid groups (broad SMARTS) is 1. The fraction of sp³-hybridized carbons (Fsp3) is 0.214. The Morgan fingerprint density at radius 2 is 2.00 bits per heavy atom. The van der Waals surface area contributed by atoms with Crippen molar-refractivity contribution in [1.82, 2.24) is 5.32 Å². The Hall–Kier alpha value is -1.78. The SMILES string of the molecule is CNCc1c(OCC(=O)O)ccc2ccccc12.Cl. The molecule has 0 spiro atoms. The van der Waals surface area contributed by atoms with E-state index in [0.29, 0.717) is 12.3 Å². The molecule has 19 heavy (non-hydrogen) atoms. The van der Waals surface area contributed by atoms with E-state index in [9.17, 15) is 4.79 Å². The Bertz CT molecular complexity index is 572. The maximum Gasteiger partial charge on any atom is 0.341 e. The topological polar surface area (TPSA) is 58.6 Å². The van der Waals surface area contributed by atoms with E-state index in [1.807, 2.05) is 43.4 Å². The molecule has 2 aromatic carbocycles. The molecule has 2 N–H and O–H groups in total. The van der Waals surface area contributed by atoms with Crippen LogP contribution < -0.4 is 10.1 Å². The Morgan fingerprint density at radius 1 is 1.26 bits per heavy atom. The summed E-state index contributed by atoms with van der Waals surface area (Å²) in [6.45, 7) is 0.311. The van der Waals surface area contributed by atoms with Gasteiger partial charge in [0.2, 0.25) is 0 Å². The van der Waals surface area contributed by atoms with Crippen LogP contribution in [-0.2, 0) is 11.3 Å². The molecule has 0 saturated carbocycles. The molecule has 0 aliphatic rings. The highest BCUT2D eigenvalue weighted by Gasteiger charge is 2.09. The summed E-state index contributed by atoms with van der Waals surface area (Å²) in [5.74, 6) is -0.357. The number of fused-ring (bicyclic) bond motifs is 1. The van der Waals surface area contributed by atoms with E-state index in [4.69, 9.17) is 9.84 Å². The predicted octanol–water partition coefficient (Wildman–Crippen LogP) is 2.44. The molecular weight excluding hydrogens is 266 g/mol. The van der Waals surface area contributed by atoms with E-state index in [2.05, 4.69) is 5.32 Å². The first-order valence-corrected chi connectivity index (χ1v) is 5.72. The quantitative estimate of drug-likeness (QED) is 0.884. The molecular formula is C14H16ClNO3. The van der Waals surface area contributed by atoms with Crippen molar-refractivity contribution in [2.75, 3.05) is 13.7 Å². The maximum atomic E-state index is 10.6. The number of hydrogen-bond donors (Lipinski definition) is 2. The molecule has 102 valence electrons. The van der Waals surface area contributed by atoms with E-state index < -0.39 is 5.97 Å². The van der Waals surface area contributed by atoms with Gasteiger partial charge in [-0.15, -0.1) is 12.4 Å². The number of carbonyl (C=O) groups is 1. The minimum atomic E-state index is -0.974. The molecule has 0 amide bonds. The summed E-state index contributed by atoms with van der Waals surface area (Å²) >= 11 is 0. The normalized spacial score (nSPS) is 9.95. The molecule has 4 nitrogen and oxygen atoms in total. The van der Waals surface area contributed by atoms with Gasteiger partial charge in [-0.25, -0.2) is 4.79 Å². The highest BCUT2D eigenvalue weighted by Crippen LogP contribution is 2.27. The lowest BCUT2D eigenvalue weighted by molar-refractivity contribution is -0.139. The average molecular weight is 282 g/mol. The van der Waals surface area contributed by atoms with Gasteiger partial charge in [0.25, 0.3) is 0 Å². The first-order chi connectivity index (χ1) is 8.72. The van der Waals surface area contributed by atoms with Crippen molar-refractivity contribution in [1.29, 1.82) is 0 Å². The minimum Gasteiger partial charge on any atom is -0.482 e. The second-order valence-electron chi connectivity index (χ2n) is 3.98. The van der Waals surface area contributed by atoms with Crippen molar-refractivity contribution < 1.29 is 14.6 Å². The lowest BCUT2D eigenvalue weighted by atomic mass is 10.0. The second-order valence-corrected chi connectivity index (χ2v) is 3.98. The van der Waals surface area contributed by atoms with Gasteiger partial charge in [-0.05, 0) is 23.9 Å². The summed E-state index contributed by atoms with van der Waals surface area (Å²) in [6.07, 6.45) is 0. The molecule has 0 aliphatic carbocycles. The first kappa shape index (κ1) is 15.3. The smallest absolute Gasteiger partial charge is 0.341 e. The molecule has 0 saturated heterocycles. The Kier molecular flexibility index (Phi) is 5.60. The van der Waals surface area contributed by atoms with Gasteiger partial charge in [-0.1, -0.05) is 30.3 Å². The fourth-order valence-electron chi connectivity index (χ4n) is 1.95. The molecule has 2 rings (SSSR count). The number of aliphatic carboxylic acids is 1. The number of nitrogens with one attached hydrogen (secondary N) is 1. The van der Waals surface area contributed by atoms with Crippen molar-refractivity contribution in [3.05, 3.63) is 42.0 Å². The largest absolute Gasteiger partial charge is 0.482 e. The number of halogens is 1. The predicted molar refractivity (Wildman–Crippen MR) is 77.1 cm³/mol. The van der Waals surface area contributed by atoms with E-state index in [1.165, 1.54) is 0 Å². The third kappa shape index (κ3) is 3.59. The van der Waals surface area contributed by atoms with Gasteiger partial charge in [0.05, 0.1) is 0 Å². The van der Waals surface area contributed by atoms with Crippen LogP contribution in [-0.4, -0.2) is 24.7 Å². The van der Waals surface area contributed by atoms with Crippen molar-refractivity contribution in [2.45, 2.75) is 6.54 Å². The summed E-state index contributed by atoms with van der Waals surface area (Å²) in [5, 5.41) is 13.9. The Morgan fingerprint density at radius 3 is 2.68 bits per heavy atom. The van der Waals surface area contributed by atoms with Crippen LogP contribution >= 0.6 is 12.4 Å². The van der Waals surface area contributed by atoms with Crippen molar-refractivity contribution in [2.24, 2.45) is 0 Å². The molecule has 0 aromatic heterocycles. The molecule has 0 fully saturated rings. The zero-order chi connectivity index (χ0) is 13.0. The summed E-state index contributed by atoms with van der Waals surface area (Å²) in [5.41, 5.74) is 0.983. The minimum absolute atomic E-state index is 0. The van der Waals surface area contributed by atoms with Crippen LogP contribution in [0.15, 0.2) is 36.4 Å². The van der Waals surface area contributed by atoms with Crippen LogP contribution in [0.1, 0.15) is 5.56 Å². The summed E-state index contributed by atoms with van der Waals surface area (Å²) in [7, 11) is 1.85. The highest BCUT2D eigenvalue weighted by molar-refractivity contribution is 5.87. The van der Waals surface area contributed by atoms with Crippen molar-refractivity contribution in [3.63, 3.8) is 0 Å². The summed E-state index contributed by atoms with van der Waals surface area (Å²) in [4.78, 5) is 10.6. The second kappa shape index (κ2) is 6.97. The molecule has 5 heteroatoms. The molecule has 0 aliphatic heterocycles. The molecule has 0 unspecified atom stereocenters. The Labute approximate surface area is 117 Å². The Balaban J connectivity index is 0.00000180. The monoisotopic (exact) mass is 281 g/mol. The van der Waals surface area contributed by atoms with Crippen molar-refractivity contribution in [3.8, 4) is 5.75 Å². The van der Waals surface area contributed by atoms with Gasteiger partial charge >= 0.3 is 5.97 Å². The number of rotatable bonds is 5. The molecule has 0 atom stereocenters. The average Bonchev–Trinajstić information content (AvgIpc) is 2.38. The van der Waals surface area contributed by atoms with Crippen LogP contribution in [0.4, 0.5) is 0 Å². The van der Waals surface area contributed by atoms with Crippen LogP contribution in [0.3, 0.4) is 0 Å². The van der Waals surface area contributed by atoms with Gasteiger partial charge in [0.15, 0.2) is 6.61 Å². The van der Waals surface area contributed by atoms with E-state index in [1.54, 1.807) is 0 Å². The maximum absolute atomic E-state index is 10.6. The van der Waals surface area contributed by atoms with Gasteiger partial charge in [0, 0.05) is 12.1 Å². The van der Waals surface area contributed by atoms with E-state index in [0.717, 1.165) is 16.3 Å². The highest BCUT2D eigenvalue weighted by atomic mass is 35.5. The zero-order valence-corrected chi connectivity index (χ0v) is 11.4.